The summed E-state index contributed by atoms with van der Waals surface area (Å²) in [5, 5.41) is 9.01. The van der Waals surface area contributed by atoms with E-state index in [1.165, 1.54) is 12.5 Å². The molecule has 4 rings (SSSR count). The normalized spacial score (nSPS) is 14.2. The Morgan fingerprint density at radius 2 is 1.94 bits per heavy atom. The minimum atomic E-state index is -4.38. The van der Waals surface area contributed by atoms with E-state index in [2.05, 4.69) is 46.6 Å². The number of nitrogens with zero attached hydrogens (tertiary/aromatic N) is 5. The number of pyridine rings is 1. The van der Waals surface area contributed by atoms with E-state index in [4.69, 9.17) is 4.74 Å². The summed E-state index contributed by atoms with van der Waals surface area (Å²) < 4.78 is 44.9. The zero-order valence-electron chi connectivity index (χ0n) is 18.2. The summed E-state index contributed by atoms with van der Waals surface area (Å²) in [6.45, 7) is -0.0199. The lowest BCUT2D eigenvalue weighted by atomic mass is 9.85. The van der Waals surface area contributed by atoms with Crippen LogP contribution in [0.15, 0.2) is 47.1 Å². The number of anilines is 1. The molecule has 6 nitrogen and oxygen atoms in total. The molecule has 10 heteroatoms. The Morgan fingerprint density at radius 3 is 2.58 bits per heavy atom. The standard InChI is InChI=1S/C23H25BrF3N5O/c1-31(14-18-5-2-3-8-19(18)24)22-30-29-21(17-6-4-7-17)32(22)12-11-16-9-10-20(28-13-16)33-15-23(25,26)27/h2-3,5,8-10,13,17H,4,6-7,11-12,14-15H2,1H3. The summed E-state index contributed by atoms with van der Waals surface area (Å²) in [7, 11) is 2.00. The van der Waals surface area contributed by atoms with Gasteiger partial charge in [-0.15, -0.1) is 10.2 Å². The van der Waals surface area contributed by atoms with Crippen LogP contribution in [-0.4, -0.2) is 39.6 Å². The molecular weight excluding hydrogens is 499 g/mol. The maximum Gasteiger partial charge on any atom is 0.422 e. The van der Waals surface area contributed by atoms with E-state index in [-0.39, 0.29) is 5.88 Å². The summed E-state index contributed by atoms with van der Waals surface area (Å²) >= 11 is 3.60. The van der Waals surface area contributed by atoms with Crippen LogP contribution < -0.4 is 9.64 Å². The zero-order chi connectivity index (χ0) is 23.4. The number of aromatic nitrogens is 4. The molecule has 0 spiro atoms. The third-order valence-corrected chi connectivity index (χ3v) is 6.52. The van der Waals surface area contributed by atoms with Crippen molar-refractivity contribution in [2.75, 3.05) is 18.6 Å². The van der Waals surface area contributed by atoms with Gasteiger partial charge in [0.15, 0.2) is 6.61 Å². The van der Waals surface area contributed by atoms with Gasteiger partial charge in [0.25, 0.3) is 0 Å². The van der Waals surface area contributed by atoms with Gasteiger partial charge in [-0.2, -0.15) is 13.2 Å². The quantitative estimate of drug-likeness (QED) is 0.369. The number of aryl methyl sites for hydroxylation is 1. The van der Waals surface area contributed by atoms with Gasteiger partial charge < -0.3 is 9.64 Å². The summed E-state index contributed by atoms with van der Waals surface area (Å²) in [4.78, 5) is 6.10. The average Bonchev–Trinajstić information content (AvgIpc) is 3.15. The van der Waals surface area contributed by atoms with Gasteiger partial charge in [0.2, 0.25) is 11.8 Å². The van der Waals surface area contributed by atoms with Crippen LogP contribution in [0.2, 0.25) is 0 Å². The lowest BCUT2D eigenvalue weighted by Crippen LogP contribution is -2.24. The van der Waals surface area contributed by atoms with Crippen molar-refractivity contribution in [3.8, 4) is 5.88 Å². The number of ether oxygens (including phenoxy) is 1. The van der Waals surface area contributed by atoms with Crippen molar-refractivity contribution in [3.05, 3.63) is 64.0 Å². The van der Waals surface area contributed by atoms with Crippen molar-refractivity contribution in [1.29, 1.82) is 0 Å². The van der Waals surface area contributed by atoms with Crippen LogP contribution in [0.3, 0.4) is 0 Å². The molecule has 0 radical (unpaired) electrons. The highest BCUT2D eigenvalue weighted by Gasteiger charge is 2.29. The van der Waals surface area contributed by atoms with Crippen LogP contribution in [0.4, 0.5) is 19.1 Å². The summed E-state index contributed by atoms with van der Waals surface area (Å²) in [6.07, 6.45) is 1.24. The van der Waals surface area contributed by atoms with E-state index in [0.717, 1.165) is 40.2 Å². The predicted molar refractivity (Wildman–Crippen MR) is 122 cm³/mol. The molecule has 2 heterocycles. The van der Waals surface area contributed by atoms with Gasteiger partial charge in [-0.1, -0.05) is 46.6 Å². The first-order chi connectivity index (χ1) is 15.8. The maximum absolute atomic E-state index is 12.3. The third kappa shape index (κ3) is 6.04. The molecule has 1 saturated carbocycles. The maximum atomic E-state index is 12.3. The predicted octanol–water partition coefficient (Wildman–Crippen LogP) is 5.52. The Kier molecular flexibility index (Phi) is 7.21. The Hall–Kier alpha value is -2.62. The van der Waals surface area contributed by atoms with E-state index >= 15 is 0 Å². The Labute approximate surface area is 198 Å². The van der Waals surface area contributed by atoms with E-state index in [9.17, 15) is 13.2 Å². The van der Waals surface area contributed by atoms with Gasteiger partial charge in [0, 0.05) is 42.8 Å². The molecule has 1 aromatic carbocycles. The fourth-order valence-corrected chi connectivity index (χ4v) is 4.18. The first kappa shape index (κ1) is 23.5. The van der Waals surface area contributed by atoms with Crippen molar-refractivity contribution in [3.63, 3.8) is 0 Å². The minimum Gasteiger partial charge on any atom is -0.468 e. The van der Waals surface area contributed by atoms with Crippen LogP contribution in [-0.2, 0) is 19.5 Å². The fourth-order valence-electron chi connectivity index (χ4n) is 3.77. The lowest BCUT2D eigenvalue weighted by Gasteiger charge is -2.26. The van der Waals surface area contributed by atoms with Crippen molar-refractivity contribution in [1.82, 2.24) is 19.7 Å². The van der Waals surface area contributed by atoms with Crippen molar-refractivity contribution >= 4 is 21.9 Å². The summed E-state index contributed by atoms with van der Waals surface area (Å²) in [5.74, 6) is 2.17. The van der Waals surface area contributed by atoms with E-state index < -0.39 is 12.8 Å². The Morgan fingerprint density at radius 1 is 1.15 bits per heavy atom. The Bertz CT molecular complexity index is 1070. The molecule has 0 aliphatic heterocycles. The van der Waals surface area contributed by atoms with Crippen LogP contribution in [0.5, 0.6) is 5.88 Å². The van der Waals surface area contributed by atoms with Gasteiger partial charge >= 0.3 is 6.18 Å². The van der Waals surface area contributed by atoms with Gasteiger partial charge in [0.05, 0.1) is 0 Å². The second-order valence-electron chi connectivity index (χ2n) is 8.24. The highest BCUT2D eigenvalue weighted by molar-refractivity contribution is 9.10. The molecule has 0 N–H and O–H groups in total. The SMILES string of the molecule is CN(Cc1ccccc1Br)c1nnc(C2CCC2)n1CCc1ccc(OCC(F)(F)F)nc1. The first-order valence-electron chi connectivity index (χ1n) is 10.8. The van der Waals surface area contributed by atoms with Crippen LogP contribution in [0.25, 0.3) is 0 Å². The molecule has 33 heavy (non-hydrogen) atoms. The minimum absolute atomic E-state index is 0.0376. The average molecular weight is 524 g/mol. The fraction of sp³-hybridized carbons (Fsp3) is 0.435. The molecule has 2 aromatic heterocycles. The van der Waals surface area contributed by atoms with Gasteiger partial charge in [-0.25, -0.2) is 4.98 Å². The molecule has 3 aromatic rings. The third-order valence-electron chi connectivity index (χ3n) is 5.74. The van der Waals surface area contributed by atoms with E-state index in [1.54, 1.807) is 12.3 Å². The molecule has 0 atom stereocenters. The van der Waals surface area contributed by atoms with Gasteiger partial charge in [0.1, 0.15) is 5.82 Å². The molecule has 0 bridgehead atoms. The topological polar surface area (TPSA) is 56.1 Å². The number of rotatable bonds is 9. The van der Waals surface area contributed by atoms with Crippen LogP contribution >= 0.6 is 15.9 Å². The van der Waals surface area contributed by atoms with Crippen molar-refractivity contribution in [2.45, 2.75) is 50.9 Å². The van der Waals surface area contributed by atoms with Crippen LogP contribution in [0.1, 0.15) is 42.1 Å². The molecule has 0 unspecified atom stereocenters. The van der Waals surface area contributed by atoms with Crippen molar-refractivity contribution < 1.29 is 17.9 Å². The zero-order valence-corrected chi connectivity index (χ0v) is 19.8. The summed E-state index contributed by atoms with van der Waals surface area (Å²) in [6, 6.07) is 11.3. The van der Waals surface area contributed by atoms with E-state index in [1.807, 2.05) is 25.2 Å². The molecule has 0 amide bonds. The monoisotopic (exact) mass is 523 g/mol. The highest BCUT2D eigenvalue weighted by Crippen LogP contribution is 2.36. The van der Waals surface area contributed by atoms with Gasteiger partial charge in [-0.05, 0) is 36.5 Å². The number of benzene rings is 1. The number of halogens is 4. The molecule has 1 fully saturated rings. The number of alkyl halides is 3. The number of hydrogen-bond donors (Lipinski definition) is 0. The van der Waals surface area contributed by atoms with E-state index in [0.29, 0.717) is 25.4 Å². The van der Waals surface area contributed by atoms with Gasteiger partial charge in [-0.3, -0.25) is 4.57 Å². The second kappa shape index (κ2) is 10.1. The molecule has 0 saturated heterocycles. The second-order valence-corrected chi connectivity index (χ2v) is 9.10. The first-order valence-corrected chi connectivity index (χ1v) is 11.6. The number of hydrogen-bond acceptors (Lipinski definition) is 5. The molecule has 1 aliphatic rings. The highest BCUT2D eigenvalue weighted by atomic mass is 79.9. The summed E-state index contributed by atoms with van der Waals surface area (Å²) in [5.41, 5.74) is 2.06. The lowest BCUT2D eigenvalue weighted by molar-refractivity contribution is -0.154. The molecule has 1 aliphatic carbocycles. The molecular formula is C23H25BrF3N5O. The van der Waals surface area contributed by atoms with Crippen molar-refractivity contribution in [2.24, 2.45) is 0 Å². The smallest absolute Gasteiger partial charge is 0.422 e. The van der Waals surface area contributed by atoms with Crippen LogP contribution in [0, 0.1) is 0 Å². The Balaban J connectivity index is 1.47. The largest absolute Gasteiger partial charge is 0.468 e. The molecule has 176 valence electrons.